The first kappa shape index (κ1) is 15.3. The molecule has 1 aromatic carbocycles. The van der Waals surface area contributed by atoms with Gasteiger partial charge in [0.2, 0.25) is 0 Å². The Kier molecular flexibility index (Phi) is 5.01. The molecule has 3 nitrogen and oxygen atoms in total. The van der Waals surface area contributed by atoms with Gasteiger partial charge in [-0.05, 0) is 11.6 Å². The zero-order chi connectivity index (χ0) is 14.6. The Bertz CT molecular complexity index is 429. The van der Waals surface area contributed by atoms with Crippen LogP contribution in [-0.4, -0.2) is 54.2 Å². The summed E-state index contributed by atoms with van der Waals surface area (Å²) in [6.07, 6.45) is -4.30. The van der Waals surface area contributed by atoms with Gasteiger partial charge in [0.05, 0.1) is 12.2 Å². The van der Waals surface area contributed by atoms with Gasteiger partial charge in [-0.1, -0.05) is 18.2 Å². The fourth-order valence-corrected chi connectivity index (χ4v) is 2.49. The smallest absolute Gasteiger partial charge is 0.395 e. The van der Waals surface area contributed by atoms with Gasteiger partial charge in [-0.2, -0.15) is 13.2 Å². The Morgan fingerprint density at radius 3 is 2.20 bits per heavy atom. The van der Waals surface area contributed by atoms with Crippen molar-refractivity contribution in [1.29, 1.82) is 0 Å². The van der Waals surface area contributed by atoms with Crippen LogP contribution in [0.4, 0.5) is 13.2 Å². The molecular weight excluding hydrogens is 269 g/mol. The van der Waals surface area contributed by atoms with E-state index in [1.54, 1.807) is 12.1 Å². The zero-order valence-electron chi connectivity index (χ0n) is 11.2. The molecule has 20 heavy (non-hydrogen) atoms. The van der Waals surface area contributed by atoms with Crippen molar-refractivity contribution in [1.82, 2.24) is 9.80 Å². The second-order valence-electron chi connectivity index (χ2n) is 5.00. The molecule has 0 radical (unpaired) electrons. The highest BCUT2D eigenvalue weighted by Gasteiger charge is 2.33. The predicted octanol–water partition coefficient (Wildman–Crippen LogP) is 1.82. The number of benzene rings is 1. The largest absolute Gasteiger partial charge is 0.416 e. The number of aliphatic hydroxyl groups is 1. The molecule has 0 aliphatic carbocycles. The van der Waals surface area contributed by atoms with Crippen molar-refractivity contribution in [3.8, 4) is 0 Å². The van der Waals surface area contributed by atoms with Crippen LogP contribution in [0.15, 0.2) is 24.3 Å². The van der Waals surface area contributed by atoms with Gasteiger partial charge in [-0.15, -0.1) is 0 Å². The molecule has 0 saturated carbocycles. The highest BCUT2D eigenvalue weighted by molar-refractivity contribution is 5.29. The molecule has 112 valence electrons. The van der Waals surface area contributed by atoms with Crippen LogP contribution in [0.1, 0.15) is 11.1 Å². The van der Waals surface area contributed by atoms with Gasteiger partial charge in [0.1, 0.15) is 0 Å². The normalized spacial score (nSPS) is 18.4. The minimum absolute atomic E-state index is 0.122. The van der Waals surface area contributed by atoms with Gasteiger partial charge in [0.25, 0.3) is 0 Å². The lowest BCUT2D eigenvalue weighted by Crippen LogP contribution is -2.46. The van der Waals surface area contributed by atoms with Crippen molar-refractivity contribution >= 4 is 0 Å². The molecule has 1 fully saturated rings. The molecule has 1 aliphatic heterocycles. The Labute approximate surface area is 116 Å². The van der Waals surface area contributed by atoms with Gasteiger partial charge in [0, 0.05) is 39.3 Å². The van der Waals surface area contributed by atoms with Gasteiger partial charge >= 0.3 is 6.18 Å². The third kappa shape index (κ3) is 3.94. The number of hydrogen-bond acceptors (Lipinski definition) is 3. The Balaban J connectivity index is 1.98. The summed E-state index contributed by atoms with van der Waals surface area (Å²) in [5.41, 5.74) is -0.214. The fourth-order valence-electron chi connectivity index (χ4n) is 2.49. The standard InChI is InChI=1S/C14H19F3N2O/c15-14(16,17)13-4-2-1-3-12(13)11-19-7-5-18(6-8-19)9-10-20/h1-4,20H,5-11H2. The number of hydrogen-bond donors (Lipinski definition) is 1. The highest BCUT2D eigenvalue weighted by atomic mass is 19.4. The minimum Gasteiger partial charge on any atom is -0.395 e. The molecule has 1 aliphatic rings. The van der Waals surface area contributed by atoms with E-state index in [0.717, 1.165) is 32.2 Å². The number of β-amino-alcohol motifs (C(OH)–C–C–N with tert-alkyl or cyclic N) is 1. The number of piperazine rings is 1. The third-order valence-electron chi connectivity index (χ3n) is 3.60. The molecule has 1 aromatic rings. The van der Waals surface area contributed by atoms with Crippen molar-refractivity contribution in [2.45, 2.75) is 12.7 Å². The summed E-state index contributed by atoms with van der Waals surface area (Å²) in [6.45, 7) is 4.11. The van der Waals surface area contributed by atoms with E-state index in [4.69, 9.17) is 5.11 Å². The first-order valence-electron chi connectivity index (χ1n) is 6.71. The van der Waals surface area contributed by atoms with Crippen molar-refractivity contribution in [3.05, 3.63) is 35.4 Å². The number of nitrogens with zero attached hydrogens (tertiary/aromatic N) is 2. The van der Waals surface area contributed by atoms with Crippen LogP contribution in [0.3, 0.4) is 0 Å². The first-order valence-corrected chi connectivity index (χ1v) is 6.71. The molecule has 2 rings (SSSR count). The lowest BCUT2D eigenvalue weighted by Gasteiger charge is -2.34. The molecule has 0 unspecified atom stereocenters. The summed E-state index contributed by atoms with van der Waals surface area (Å²) >= 11 is 0. The summed E-state index contributed by atoms with van der Waals surface area (Å²) in [5, 5.41) is 8.87. The molecule has 0 atom stereocenters. The van der Waals surface area contributed by atoms with Crippen LogP contribution in [0.5, 0.6) is 0 Å². The average Bonchev–Trinajstić information content (AvgIpc) is 2.41. The van der Waals surface area contributed by atoms with Crippen molar-refractivity contribution < 1.29 is 18.3 Å². The summed E-state index contributed by atoms with van der Waals surface area (Å²) in [5.74, 6) is 0. The summed E-state index contributed by atoms with van der Waals surface area (Å²) in [6, 6.07) is 5.75. The molecule has 1 N–H and O–H groups in total. The van der Waals surface area contributed by atoms with Gasteiger partial charge in [-0.25, -0.2) is 0 Å². The van der Waals surface area contributed by atoms with Crippen LogP contribution in [0.2, 0.25) is 0 Å². The lowest BCUT2D eigenvalue weighted by atomic mass is 10.1. The maximum absolute atomic E-state index is 12.9. The van der Waals surface area contributed by atoms with Crippen LogP contribution in [-0.2, 0) is 12.7 Å². The Morgan fingerprint density at radius 2 is 1.60 bits per heavy atom. The summed E-state index contributed by atoms with van der Waals surface area (Å²) in [7, 11) is 0. The molecule has 0 bridgehead atoms. The number of aliphatic hydroxyl groups excluding tert-OH is 1. The average molecular weight is 288 g/mol. The van der Waals surface area contributed by atoms with E-state index in [1.807, 2.05) is 4.90 Å². The van der Waals surface area contributed by atoms with Crippen molar-refractivity contribution in [2.75, 3.05) is 39.3 Å². The van der Waals surface area contributed by atoms with E-state index in [2.05, 4.69) is 4.90 Å². The topological polar surface area (TPSA) is 26.7 Å². The number of rotatable bonds is 4. The third-order valence-corrected chi connectivity index (χ3v) is 3.60. The van der Waals surface area contributed by atoms with Crippen LogP contribution < -0.4 is 0 Å². The second kappa shape index (κ2) is 6.56. The van der Waals surface area contributed by atoms with E-state index in [1.165, 1.54) is 6.07 Å². The second-order valence-corrected chi connectivity index (χ2v) is 5.00. The monoisotopic (exact) mass is 288 g/mol. The van der Waals surface area contributed by atoms with Crippen LogP contribution in [0.25, 0.3) is 0 Å². The SMILES string of the molecule is OCCN1CCN(Cc2ccccc2C(F)(F)F)CC1. The summed E-state index contributed by atoms with van der Waals surface area (Å²) in [4.78, 5) is 4.14. The zero-order valence-corrected chi connectivity index (χ0v) is 11.2. The van der Waals surface area contributed by atoms with Crippen molar-refractivity contribution in [3.63, 3.8) is 0 Å². The Hall–Kier alpha value is -1.11. The molecule has 0 amide bonds. The summed E-state index contributed by atoms with van der Waals surface area (Å²) < 4.78 is 38.7. The fraction of sp³-hybridized carbons (Fsp3) is 0.571. The molecule has 0 aromatic heterocycles. The lowest BCUT2D eigenvalue weighted by molar-refractivity contribution is -0.138. The molecule has 6 heteroatoms. The van der Waals surface area contributed by atoms with Gasteiger partial charge in [-0.3, -0.25) is 9.80 Å². The maximum atomic E-state index is 12.9. The maximum Gasteiger partial charge on any atom is 0.416 e. The van der Waals surface area contributed by atoms with E-state index in [0.29, 0.717) is 18.7 Å². The van der Waals surface area contributed by atoms with Gasteiger partial charge < -0.3 is 5.11 Å². The quantitative estimate of drug-likeness (QED) is 0.915. The number of alkyl halides is 3. The first-order chi connectivity index (χ1) is 9.50. The molecular formula is C14H19F3N2O. The molecule has 0 spiro atoms. The molecule has 1 heterocycles. The van der Waals surface area contributed by atoms with E-state index < -0.39 is 11.7 Å². The van der Waals surface area contributed by atoms with E-state index in [-0.39, 0.29) is 6.61 Å². The predicted molar refractivity (Wildman–Crippen MR) is 70.2 cm³/mol. The highest BCUT2D eigenvalue weighted by Crippen LogP contribution is 2.32. The van der Waals surface area contributed by atoms with E-state index in [9.17, 15) is 13.2 Å². The minimum atomic E-state index is -4.30. The number of halogens is 3. The van der Waals surface area contributed by atoms with E-state index >= 15 is 0 Å². The van der Waals surface area contributed by atoms with Crippen molar-refractivity contribution in [2.24, 2.45) is 0 Å². The molecule has 1 saturated heterocycles. The van der Waals surface area contributed by atoms with Gasteiger partial charge in [0.15, 0.2) is 0 Å². The van der Waals surface area contributed by atoms with Crippen LogP contribution >= 0.6 is 0 Å². The van der Waals surface area contributed by atoms with Crippen LogP contribution in [0, 0.1) is 0 Å². The Morgan fingerprint density at radius 1 is 1.00 bits per heavy atom.